The van der Waals surface area contributed by atoms with Crippen LogP contribution in [0.15, 0.2) is 15.9 Å². The second-order valence-electron chi connectivity index (χ2n) is 2.79. The van der Waals surface area contributed by atoms with Gasteiger partial charge in [-0.05, 0) is 0 Å². The number of halogens is 1. The van der Waals surface area contributed by atoms with Crippen molar-refractivity contribution >= 4 is 34.5 Å². The third-order valence-corrected chi connectivity index (χ3v) is 3.24. The van der Waals surface area contributed by atoms with Crippen molar-refractivity contribution in [3.63, 3.8) is 0 Å². The summed E-state index contributed by atoms with van der Waals surface area (Å²) in [7, 11) is 1.45. The van der Waals surface area contributed by atoms with Crippen molar-refractivity contribution in [3.8, 4) is 0 Å². The zero-order valence-corrected chi connectivity index (χ0v) is 8.61. The molecule has 6 heteroatoms. The number of carbonyl (C=O) groups excluding carboxylic acids is 2. The summed E-state index contributed by atoms with van der Waals surface area (Å²) in [4.78, 5) is 33.9. The van der Waals surface area contributed by atoms with Crippen LogP contribution in [0.1, 0.15) is 20.2 Å². The van der Waals surface area contributed by atoms with Crippen LogP contribution >= 0.6 is 22.9 Å². The Morgan fingerprint density at radius 2 is 2.00 bits per heavy atom. The van der Waals surface area contributed by atoms with E-state index in [1.165, 1.54) is 11.6 Å². The van der Waals surface area contributed by atoms with E-state index in [4.69, 9.17) is 11.6 Å². The van der Waals surface area contributed by atoms with Gasteiger partial charge in [0, 0.05) is 13.1 Å². The molecule has 1 aromatic heterocycles. The second kappa shape index (κ2) is 2.90. The van der Waals surface area contributed by atoms with Crippen molar-refractivity contribution in [3.05, 3.63) is 31.3 Å². The van der Waals surface area contributed by atoms with E-state index in [2.05, 4.69) is 0 Å². The topological polar surface area (TPSA) is 56.1 Å². The van der Waals surface area contributed by atoms with Crippen molar-refractivity contribution < 1.29 is 9.59 Å². The van der Waals surface area contributed by atoms with Gasteiger partial charge in [0.05, 0.1) is 5.03 Å². The Labute approximate surface area is 87.4 Å². The molecule has 0 atom stereocenters. The first-order valence-electron chi connectivity index (χ1n) is 3.68. The molecule has 0 aromatic carbocycles. The maximum absolute atomic E-state index is 11.4. The first-order valence-corrected chi connectivity index (χ1v) is 4.88. The lowest BCUT2D eigenvalue weighted by atomic mass is 10.1. The molecular formula is C8H4ClNO3S. The Balaban J connectivity index is 2.81. The highest BCUT2D eigenvalue weighted by Crippen LogP contribution is 2.24. The van der Waals surface area contributed by atoms with Crippen molar-refractivity contribution in [1.82, 2.24) is 4.57 Å². The van der Waals surface area contributed by atoms with Crippen molar-refractivity contribution in [2.24, 2.45) is 7.05 Å². The number of rotatable bonds is 0. The SMILES string of the molecule is Cn1c2c(sc1=O)C(=O)C(Cl)=CC2=O. The van der Waals surface area contributed by atoms with Crippen molar-refractivity contribution in [2.75, 3.05) is 0 Å². The Bertz CT molecular complexity index is 537. The van der Waals surface area contributed by atoms with Gasteiger partial charge < -0.3 is 0 Å². The number of allylic oxidation sites excluding steroid dienone is 2. The molecular weight excluding hydrogens is 226 g/mol. The molecule has 14 heavy (non-hydrogen) atoms. The number of carbonyl (C=O) groups is 2. The number of ketones is 2. The fourth-order valence-electron chi connectivity index (χ4n) is 1.24. The van der Waals surface area contributed by atoms with Crippen LogP contribution in [0.4, 0.5) is 0 Å². The van der Waals surface area contributed by atoms with Crippen LogP contribution in [-0.2, 0) is 7.05 Å². The highest BCUT2D eigenvalue weighted by Gasteiger charge is 2.29. The number of thiazole rings is 1. The van der Waals surface area contributed by atoms with Gasteiger partial charge >= 0.3 is 4.87 Å². The van der Waals surface area contributed by atoms with Crippen LogP contribution in [0, 0.1) is 0 Å². The molecule has 0 saturated heterocycles. The zero-order chi connectivity index (χ0) is 10.5. The molecule has 2 rings (SSSR count). The van der Waals surface area contributed by atoms with E-state index in [1.807, 2.05) is 0 Å². The van der Waals surface area contributed by atoms with Gasteiger partial charge in [-0.25, -0.2) is 0 Å². The molecule has 0 spiro atoms. The summed E-state index contributed by atoms with van der Waals surface area (Å²) >= 11 is 6.28. The number of hydrogen-bond acceptors (Lipinski definition) is 4. The van der Waals surface area contributed by atoms with E-state index in [-0.39, 0.29) is 20.5 Å². The van der Waals surface area contributed by atoms with E-state index in [0.29, 0.717) is 0 Å². The highest BCUT2D eigenvalue weighted by atomic mass is 35.5. The molecule has 0 N–H and O–H groups in total. The minimum Gasteiger partial charge on any atom is -0.298 e. The van der Waals surface area contributed by atoms with Gasteiger partial charge in [-0.3, -0.25) is 19.0 Å². The molecule has 0 unspecified atom stereocenters. The molecule has 1 aliphatic carbocycles. The molecule has 1 aliphatic rings. The third kappa shape index (κ3) is 1.09. The lowest BCUT2D eigenvalue weighted by molar-refractivity contribution is 0.0987. The average molecular weight is 230 g/mol. The minimum atomic E-state index is -0.455. The zero-order valence-electron chi connectivity index (χ0n) is 7.04. The Morgan fingerprint density at radius 3 is 2.64 bits per heavy atom. The molecule has 72 valence electrons. The molecule has 0 aliphatic heterocycles. The predicted molar refractivity (Wildman–Crippen MR) is 52.2 cm³/mol. The van der Waals surface area contributed by atoms with E-state index in [1.54, 1.807) is 0 Å². The summed E-state index contributed by atoms with van der Waals surface area (Å²) in [6.45, 7) is 0. The second-order valence-corrected chi connectivity index (χ2v) is 4.16. The summed E-state index contributed by atoms with van der Waals surface area (Å²) in [5, 5.41) is -0.135. The Hall–Kier alpha value is -1.20. The first-order chi connectivity index (χ1) is 6.52. The molecule has 1 aromatic rings. The minimum absolute atomic E-state index is 0.134. The van der Waals surface area contributed by atoms with Gasteiger partial charge in [-0.15, -0.1) is 0 Å². The monoisotopic (exact) mass is 229 g/mol. The Kier molecular flexibility index (Phi) is 1.94. The smallest absolute Gasteiger partial charge is 0.298 e. The van der Waals surface area contributed by atoms with E-state index < -0.39 is 11.6 Å². The molecule has 1 heterocycles. The number of Topliss-reactive ketones (excluding diaryl/α,β-unsaturated/α-hetero) is 1. The van der Waals surface area contributed by atoms with Crippen molar-refractivity contribution in [2.45, 2.75) is 0 Å². The first kappa shape index (κ1) is 9.36. The lowest BCUT2D eigenvalue weighted by Crippen LogP contribution is -2.18. The van der Waals surface area contributed by atoms with Crippen LogP contribution in [0.2, 0.25) is 0 Å². The van der Waals surface area contributed by atoms with Gasteiger partial charge in [0.25, 0.3) is 0 Å². The number of fused-ring (bicyclic) bond motifs is 1. The van der Waals surface area contributed by atoms with E-state index in [0.717, 1.165) is 17.4 Å². The standard InChI is InChI=1S/C8H4ClNO3S/c1-10-5-4(11)2-3(9)6(12)7(5)14-8(10)13/h2H,1H3. The highest BCUT2D eigenvalue weighted by molar-refractivity contribution is 7.12. The average Bonchev–Trinajstić information content (AvgIpc) is 2.40. The molecule has 0 fully saturated rings. The fourth-order valence-corrected chi connectivity index (χ4v) is 2.43. The molecule has 4 nitrogen and oxygen atoms in total. The lowest BCUT2D eigenvalue weighted by Gasteiger charge is -2.06. The fraction of sp³-hybridized carbons (Fsp3) is 0.125. The summed E-state index contributed by atoms with van der Waals surface area (Å²) in [5.74, 6) is -0.852. The Morgan fingerprint density at radius 1 is 1.36 bits per heavy atom. The molecule has 0 saturated carbocycles. The van der Waals surface area contributed by atoms with Crippen LogP contribution in [0.25, 0.3) is 0 Å². The quantitative estimate of drug-likeness (QED) is 0.666. The maximum atomic E-state index is 11.4. The summed E-state index contributed by atoms with van der Waals surface area (Å²) in [6.07, 6.45) is 1.04. The normalized spacial score (nSPS) is 15.4. The van der Waals surface area contributed by atoms with Gasteiger partial charge in [0.2, 0.25) is 11.6 Å². The molecule has 0 bridgehead atoms. The maximum Gasteiger partial charge on any atom is 0.308 e. The largest absolute Gasteiger partial charge is 0.308 e. The van der Waals surface area contributed by atoms with Gasteiger partial charge in [-0.1, -0.05) is 22.9 Å². The van der Waals surface area contributed by atoms with Crippen LogP contribution in [-0.4, -0.2) is 16.1 Å². The van der Waals surface area contributed by atoms with Crippen molar-refractivity contribution in [1.29, 1.82) is 0 Å². The summed E-state index contributed by atoms with van der Waals surface area (Å²) < 4.78 is 1.17. The summed E-state index contributed by atoms with van der Waals surface area (Å²) in [6, 6.07) is 0. The predicted octanol–water partition coefficient (Wildman–Crippen LogP) is 0.949. The molecule has 0 amide bonds. The van der Waals surface area contributed by atoms with E-state index >= 15 is 0 Å². The van der Waals surface area contributed by atoms with Crippen LogP contribution in [0.5, 0.6) is 0 Å². The van der Waals surface area contributed by atoms with E-state index in [9.17, 15) is 14.4 Å². The number of hydrogen-bond donors (Lipinski definition) is 0. The number of aromatic nitrogens is 1. The third-order valence-electron chi connectivity index (χ3n) is 1.93. The number of nitrogens with zero attached hydrogens (tertiary/aromatic N) is 1. The summed E-state index contributed by atoms with van der Waals surface area (Å²) in [5.41, 5.74) is 0.134. The van der Waals surface area contributed by atoms with Crippen LogP contribution in [0.3, 0.4) is 0 Å². The van der Waals surface area contributed by atoms with Gasteiger partial charge in [0.15, 0.2) is 0 Å². The van der Waals surface area contributed by atoms with Crippen LogP contribution < -0.4 is 4.87 Å². The van der Waals surface area contributed by atoms with Gasteiger partial charge in [-0.2, -0.15) is 0 Å². The molecule has 0 radical (unpaired) electrons. The van der Waals surface area contributed by atoms with Gasteiger partial charge in [0.1, 0.15) is 10.6 Å².